The fourth-order valence-corrected chi connectivity index (χ4v) is 1.93. The molecule has 2 rings (SSSR count). The molecule has 0 aliphatic rings. The molecule has 2 aromatic rings. The maximum absolute atomic E-state index is 13.6. The minimum absolute atomic E-state index is 0.295. The minimum atomic E-state index is -0.295. The molecule has 4 heteroatoms. The molecule has 1 aromatic heterocycles. The number of halogens is 1. The fraction of sp³-hybridized carbons (Fsp3) is 0.231. The lowest BCUT2D eigenvalue weighted by Gasteiger charge is -2.08. The third kappa shape index (κ3) is 2.26. The van der Waals surface area contributed by atoms with Gasteiger partial charge in [-0.1, -0.05) is 31.3 Å². The first kappa shape index (κ1) is 11.9. The van der Waals surface area contributed by atoms with Crippen molar-refractivity contribution in [3.63, 3.8) is 0 Å². The van der Waals surface area contributed by atoms with Crippen molar-refractivity contribution in [3.8, 4) is 11.4 Å². The van der Waals surface area contributed by atoms with Gasteiger partial charge in [-0.15, -0.1) is 0 Å². The van der Waals surface area contributed by atoms with E-state index in [1.165, 1.54) is 6.07 Å². The molecule has 0 amide bonds. The standard InChI is InChI=1S/C13H13FN2S/c1-3-11-8(2)13(17)16-12(15-11)9-6-4-5-7-10(9)14/h4-7H,3H2,1-2H3,(H,15,16,17). The van der Waals surface area contributed by atoms with Crippen LogP contribution in [0.25, 0.3) is 11.4 Å². The number of rotatable bonds is 2. The van der Waals surface area contributed by atoms with Crippen LogP contribution in [0.15, 0.2) is 24.3 Å². The second-order valence-corrected chi connectivity index (χ2v) is 4.21. The van der Waals surface area contributed by atoms with Crippen molar-refractivity contribution < 1.29 is 4.39 Å². The lowest BCUT2D eigenvalue weighted by atomic mass is 10.1. The van der Waals surface area contributed by atoms with Crippen LogP contribution in [0.1, 0.15) is 18.2 Å². The van der Waals surface area contributed by atoms with Crippen molar-refractivity contribution in [3.05, 3.63) is 46.0 Å². The van der Waals surface area contributed by atoms with E-state index in [0.29, 0.717) is 16.0 Å². The summed E-state index contributed by atoms with van der Waals surface area (Å²) in [6.07, 6.45) is 0.819. The summed E-state index contributed by atoms with van der Waals surface area (Å²) in [5.74, 6) is 0.201. The summed E-state index contributed by atoms with van der Waals surface area (Å²) in [5.41, 5.74) is 2.42. The minimum Gasteiger partial charge on any atom is -0.343 e. The molecule has 1 N–H and O–H groups in total. The second-order valence-electron chi connectivity index (χ2n) is 3.83. The molecular formula is C13H13FN2S. The highest BCUT2D eigenvalue weighted by molar-refractivity contribution is 7.71. The van der Waals surface area contributed by atoms with E-state index in [1.807, 2.05) is 13.8 Å². The number of nitrogens with one attached hydrogen (secondary N) is 1. The number of aromatic amines is 1. The molecule has 0 saturated carbocycles. The van der Waals surface area contributed by atoms with Gasteiger partial charge in [-0.25, -0.2) is 9.37 Å². The number of benzene rings is 1. The van der Waals surface area contributed by atoms with Gasteiger partial charge < -0.3 is 4.98 Å². The van der Waals surface area contributed by atoms with Crippen molar-refractivity contribution in [2.24, 2.45) is 0 Å². The van der Waals surface area contributed by atoms with Crippen LogP contribution in [0.4, 0.5) is 4.39 Å². The van der Waals surface area contributed by atoms with Gasteiger partial charge in [0, 0.05) is 11.3 Å². The van der Waals surface area contributed by atoms with Gasteiger partial charge in [-0.3, -0.25) is 0 Å². The summed E-state index contributed by atoms with van der Waals surface area (Å²) < 4.78 is 14.2. The smallest absolute Gasteiger partial charge is 0.142 e. The van der Waals surface area contributed by atoms with Crippen LogP contribution in [-0.4, -0.2) is 9.97 Å². The topological polar surface area (TPSA) is 28.7 Å². The van der Waals surface area contributed by atoms with Crippen molar-refractivity contribution in [1.82, 2.24) is 9.97 Å². The quantitative estimate of drug-likeness (QED) is 0.818. The summed E-state index contributed by atoms with van der Waals surface area (Å²) in [7, 11) is 0. The van der Waals surface area contributed by atoms with E-state index in [-0.39, 0.29) is 5.82 Å². The summed E-state index contributed by atoms with van der Waals surface area (Å²) in [6.45, 7) is 3.95. The van der Waals surface area contributed by atoms with Crippen molar-refractivity contribution in [1.29, 1.82) is 0 Å². The molecule has 0 atom stereocenters. The molecule has 0 aliphatic carbocycles. The van der Waals surface area contributed by atoms with Crippen LogP contribution in [0.2, 0.25) is 0 Å². The fourth-order valence-electron chi connectivity index (χ4n) is 1.71. The Morgan fingerprint density at radius 1 is 1.35 bits per heavy atom. The van der Waals surface area contributed by atoms with Crippen LogP contribution >= 0.6 is 12.2 Å². The van der Waals surface area contributed by atoms with Crippen LogP contribution in [0, 0.1) is 17.4 Å². The molecule has 0 unspecified atom stereocenters. The summed E-state index contributed by atoms with van der Waals surface area (Å²) >= 11 is 5.18. The zero-order valence-corrected chi connectivity index (χ0v) is 10.6. The van der Waals surface area contributed by atoms with Gasteiger partial charge in [0.15, 0.2) is 0 Å². The molecule has 1 heterocycles. The Morgan fingerprint density at radius 2 is 2.06 bits per heavy atom. The Kier molecular flexibility index (Phi) is 3.33. The van der Waals surface area contributed by atoms with Gasteiger partial charge in [0.1, 0.15) is 16.3 Å². The lowest BCUT2D eigenvalue weighted by molar-refractivity contribution is 0.629. The highest BCUT2D eigenvalue weighted by atomic mass is 32.1. The normalized spacial score (nSPS) is 10.5. The molecule has 0 radical (unpaired) electrons. The van der Waals surface area contributed by atoms with Crippen LogP contribution in [0.3, 0.4) is 0 Å². The predicted octanol–water partition coefficient (Wildman–Crippen LogP) is 3.82. The van der Waals surface area contributed by atoms with Gasteiger partial charge in [-0.05, 0) is 25.5 Å². The Hall–Kier alpha value is -1.55. The first-order chi connectivity index (χ1) is 8.13. The molecule has 0 spiro atoms. The number of aromatic nitrogens is 2. The number of nitrogens with zero attached hydrogens (tertiary/aromatic N) is 1. The van der Waals surface area contributed by atoms with Crippen molar-refractivity contribution in [2.75, 3.05) is 0 Å². The van der Waals surface area contributed by atoms with E-state index in [0.717, 1.165) is 17.7 Å². The van der Waals surface area contributed by atoms with Gasteiger partial charge >= 0.3 is 0 Å². The Morgan fingerprint density at radius 3 is 2.71 bits per heavy atom. The highest BCUT2D eigenvalue weighted by Crippen LogP contribution is 2.20. The molecule has 0 fully saturated rings. The second kappa shape index (κ2) is 4.75. The average molecular weight is 248 g/mol. The first-order valence-corrected chi connectivity index (χ1v) is 5.89. The molecule has 0 aliphatic heterocycles. The molecule has 0 saturated heterocycles. The van der Waals surface area contributed by atoms with Crippen LogP contribution in [-0.2, 0) is 6.42 Å². The number of hydrogen-bond donors (Lipinski definition) is 1. The maximum atomic E-state index is 13.6. The maximum Gasteiger partial charge on any atom is 0.142 e. The van der Waals surface area contributed by atoms with Gasteiger partial charge in [0.05, 0.1) is 5.56 Å². The predicted molar refractivity (Wildman–Crippen MR) is 68.9 cm³/mol. The third-order valence-electron chi connectivity index (χ3n) is 2.74. The van der Waals surface area contributed by atoms with Crippen molar-refractivity contribution >= 4 is 12.2 Å². The van der Waals surface area contributed by atoms with E-state index >= 15 is 0 Å². The Labute approximate surface area is 105 Å². The van der Waals surface area contributed by atoms with E-state index in [2.05, 4.69) is 9.97 Å². The zero-order chi connectivity index (χ0) is 12.4. The molecular weight excluding hydrogens is 235 g/mol. The monoisotopic (exact) mass is 248 g/mol. The SMILES string of the molecule is CCc1[nH]c(-c2ccccc2F)nc(=S)c1C. The van der Waals surface area contributed by atoms with Crippen molar-refractivity contribution in [2.45, 2.75) is 20.3 Å². The molecule has 0 bridgehead atoms. The number of H-pyrrole nitrogens is 1. The van der Waals surface area contributed by atoms with E-state index in [4.69, 9.17) is 12.2 Å². The number of hydrogen-bond acceptors (Lipinski definition) is 2. The zero-order valence-electron chi connectivity index (χ0n) is 9.75. The molecule has 88 valence electrons. The Bertz CT molecular complexity index is 605. The van der Waals surface area contributed by atoms with E-state index in [1.54, 1.807) is 18.2 Å². The third-order valence-corrected chi connectivity index (χ3v) is 3.14. The Balaban J connectivity index is 2.66. The summed E-state index contributed by atoms with van der Waals surface area (Å²) in [5, 5.41) is 0. The first-order valence-electron chi connectivity index (χ1n) is 5.48. The van der Waals surface area contributed by atoms with Crippen LogP contribution < -0.4 is 0 Å². The van der Waals surface area contributed by atoms with Gasteiger partial charge in [-0.2, -0.15) is 0 Å². The molecule has 2 nitrogen and oxygen atoms in total. The van der Waals surface area contributed by atoms with Gasteiger partial charge in [0.25, 0.3) is 0 Å². The average Bonchev–Trinajstić information content (AvgIpc) is 2.33. The largest absolute Gasteiger partial charge is 0.343 e. The van der Waals surface area contributed by atoms with Crippen LogP contribution in [0.5, 0.6) is 0 Å². The van der Waals surface area contributed by atoms with Gasteiger partial charge in [0.2, 0.25) is 0 Å². The summed E-state index contributed by atoms with van der Waals surface area (Å²) in [4.78, 5) is 7.37. The van der Waals surface area contributed by atoms with E-state index < -0.39 is 0 Å². The van der Waals surface area contributed by atoms with E-state index in [9.17, 15) is 4.39 Å². The molecule has 1 aromatic carbocycles. The highest BCUT2D eigenvalue weighted by Gasteiger charge is 2.09. The number of aryl methyl sites for hydroxylation is 1. The summed E-state index contributed by atoms with van der Waals surface area (Å²) in [6, 6.07) is 6.54. The molecule has 17 heavy (non-hydrogen) atoms. The lowest BCUT2D eigenvalue weighted by Crippen LogP contribution is -2.00.